The van der Waals surface area contributed by atoms with Crippen molar-refractivity contribution in [2.45, 2.75) is 60.2 Å². The fourth-order valence-electron chi connectivity index (χ4n) is 2.13. The molecule has 0 radical (unpaired) electrons. The largest absolute Gasteiger partial charge is 0.346 e. The Morgan fingerprint density at radius 3 is 2.20 bits per heavy atom. The van der Waals surface area contributed by atoms with Crippen molar-refractivity contribution >= 4 is 0 Å². The van der Waals surface area contributed by atoms with E-state index in [2.05, 4.69) is 57.5 Å². The highest BCUT2D eigenvalue weighted by Crippen LogP contribution is 2.19. The second-order valence-corrected chi connectivity index (χ2v) is 4.90. The van der Waals surface area contributed by atoms with Gasteiger partial charge in [-0.2, -0.15) is 0 Å². The van der Waals surface area contributed by atoms with E-state index in [4.69, 9.17) is 0 Å². The molecule has 0 fully saturated rings. The van der Waals surface area contributed by atoms with Gasteiger partial charge in [0, 0.05) is 30.0 Å². The van der Waals surface area contributed by atoms with Gasteiger partial charge in [-0.05, 0) is 39.3 Å². The molecule has 0 aliphatic rings. The normalized spacial score (nSPS) is 11.7. The van der Waals surface area contributed by atoms with E-state index in [-0.39, 0.29) is 0 Å². The summed E-state index contributed by atoms with van der Waals surface area (Å²) in [5.41, 5.74) is 4.19. The first-order chi connectivity index (χ1) is 6.93. The molecule has 86 valence electrons. The molecule has 0 atom stereocenters. The Morgan fingerprint density at radius 1 is 1.20 bits per heavy atom. The second-order valence-electron chi connectivity index (χ2n) is 4.90. The molecule has 0 bridgehead atoms. The first-order valence-electron chi connectivity index (χ1n) is 5.84. The highest BCUT2D eigenvalue weighted by molar-refractivity contribution is 5.27. The average molecular weight is 208 g/mol. The van der Waals surface area contributed by atoms with E-state index in [0.717, 1.165) is 6.54 Å². The molecule has 1 rings (SSSR count). The van der Waals surface area contributed by atoms with E-state index in [0.29, 0.717) is 12.1 Å². The maximum Gasteiger partial charge on any atom is 0.0279 e. The molecule has 0 spiro atoms. The predicted molar refractivity (Wildman–Crippen MR) is 66.3 cm³/mol. The van der Waals surface area contributed by atoms with Crippen LogP contribution < -0.4 is 5.32 Å². The van der Waals surface area contributed by atoms with Crippen LogP contribution in [-0.4, -0.2) is 10.6 Å². The fraction of sp³-hybridized carbons (Fsp3) is 0.692. The highest BCUT2D eigenvalue weighted by Gasteiger charge is 2.10. The smallest absolute Gasteiger partial charge is 0.0279 e. The summed E-state index contributed by atoms with van der Waals surface area (Å²) in [6.45, 7) is 14.2. The number of hydrogen-bond acceptors (Lipinski definition) is 1. The van der Waals surface area contributed by atoms with Crippen LogP contribution in [0.4, 0.5) is 0 Å². The molecule has 1 heterocycles. The molecule has 1 aromatic rings. The zero-order valence-corrected chi connectivity index (χ0v) is 10.9. The molecule has 0 unspecified atom stereocenters. The summed E-state index contributed by atoms with van der Waals surface area (Å²) in [5, 5.41) is 3.47. The quantitative estimate of drug-likeness (QED) is 0.804. The number of nitrogens with zero attached hydrogens (tertiary/aromatic N) is 1. The minimum absolute atomic E-state index is 0.548. The number of aryl methyl sites for hydroxylation is 1. The summed E-state index contributed by atoms with van der Waals surface area (Å²) in [7, 11) is 0. The summed E-state index contributed by atoms with van der Waals surface area (Å²) in [6.07, 6.45) is 0. The van der Waals surface area contributed by atoms with Gasteiger partial charge in [0.1, 0.15) is 0 Å². The third kappa shape index (κ3) is 2.85. The van der Waals surface area contributed by atoms with Gasteiger partial charge in [-0.15, -0.1) is 0 Å². The molecule has 0 aliphatic heterocycles. The predicted octanol–water partition coefficient (Wildman–Crippen LogP) is 3.18. The van der Waals surface area contributed by atoms with E-state index >= 15 is 0 Å². The Labute approximate surface area is 93.7 Å². The number of hydrogen-bond donors (Lipinski definition) is 1. The van der Waals surface area contributed by atoms with Crippen LogP contribution in [0.3, 0.4) is 0 Å². The van der Waals surface area contributed by atoms with Crippen molar-refractivity contribution in [2.24, 2.45) is 0 Å². The van der Waals surface area contributed by atoms with Gasteiger partial charge in [-0.3, -0.25) is 0 Å². The monoisotopic (exact) mass is 208 g/mol. The van der Waals surface area contributed by atoms with Crippen LogP contribution in [0.5, 0.6) is 0 Å². The topological polar surface area (TPSA) is 17.0 Å². The Morgan fingerprint density at radius 2 is 1.80 bits per heavy atom. The van der Waals surface area contributed by atoms with Crippen molar-refractivity contribution in [1.29, 1.82) is 0 Å². The summed E-state index contributed by atoms with van der Waals surface area (Å²) in [4.78, 5) is 0. The molecule has 0 amide bonds. The number of nitrogens with one attached hydrogen (secondary N) is 1. The lowest BCUT2D eigenvalue weighted by atomic mass is 10.2. The maximum atomic E-state index is 3.47. The second kappa shape index (κ2) is 4.84. The summed E-state index contributed by atoms with van der Waals surface area (Å²) in [5.74, 6) is 0. The zero-order valence-electron chi connectivity index (χ0n) is 10.9. The first-order valence-corrected chi connectivity index (χ1v) is 5.84. The Kier molecular flexibility index (Phi) is 3.97. The van der Waals surface area contributed by atoms with Crippen LogP contribution in [0.15, 0.2) is 6.07 Å². The molecule has 0 aromatic carbocycles. The summed E-state index contributed by atoms with van der Waals surface area (Å²) >= 11 is 0. The molecule has 0 aliphatic carbocycles. The third-order valence-corrected chi connectivity index (χ3v) is 2.81. The Balaban J connectivity index is 2.87. The van der Waals surface area contributed by atoms with Gasteiger partial charge in [0.15, 0.2) is 0 Å². The van der Waals surface area contributed by atoms with Crippen molar-refractivity contribution < 1.29 is 0 Å². The minimum Gasteiger partial charge on any atom is -0.346 e. The van der Waals surface area contributed by atoms with E-state index in [1.54, 1.807) is 0 Å². The summed E-state index contributed by atoms with van der Waals surface area (Å²) < 4.78 is 2.40. The zero-order chi connectivity index (χ0) is 11.6. The van der Waals surface area contributed by atoms with Gasteiger partial charge in [0.05, 0.1) is 0 Å². The molecular weight excluding hydrogens is 184 g/mol. The van der Waals surface area contributed by atoms with E-state index in [1.165, 1.54) is 17.0 Å². The molecule has 1 aromatic heterocycles. The lowest BCUT2D eigenvalue weighted by molar-refractivity contribution is 0.562. The van der Waals surface area contributed by atoms with Crippen LogP contribution in [0.1, 0.15) is 50.7 Å². The van der Waals surface area contributed by atoms with Crippen LogP contribution in [-0.2, 0) is 6.54 Å². The van der Waals surface area contributed by atoms with Gasteiger partial charge in [0.2, 0.25) is 0 Å². The lowest BCUT2D eigenvalue weighted by Gasteiger charge is -2.14. The average Bonchev–Trinajstić information content (AvgIpc) is 2.37. The van der Waals surface area contributed by atoms with E-state index in [1.807, 2.05) is 0 Å². The third-order valence-electron chi connectivity index (χ3n) is 2.81. The Hall–Kier alpha value is -0.760. The maximum absolute atomic E-state index is 3.47. The van der Waals surface area contributed by atoms with Gasteiger partial charge >= 0.3 is 0 Å². The molecule has 0 saturated carbocycles. The fourth-order valence-corrected chi connectivity index (χ4v) is 2.13. The molecule has 2 heteroatoms. The molecular formula is C13H24N2. The highest BCUT2D eigenvalue weighted by atomic mass is 15.0. The van der Waals surface area contributed by atoms with Crippen LogP contribution in [0.2, 0.25) is 0 Å². The van der Waals surface area contributed by atoms with Crippen LogP contribution in [0.25, 0.3) is 0 Å². The van der Waals surface area contributed by atoms with E-state index in [9.17, 15) is 0 Å². The van der Waals surface area contributed by atoms with Crippen molar-refractivity contribution in [1.82, 2.24) is 9.88 Å². The number of rotatable bonds is 4. The summed E-state index contributed by atoms with van der Waals surface area (Å²) in [6, 6.07) is 3.40. The van der Waals surface area contributed by atoms with E-state index < -0.39 is 0 Å². The van der Waals surface area contributed by atoms with Gasteiger partial charge in [-0.1, -0.05) is 13.8 Å². The first kappa shape index (κ1) is 12.3. The molecule has 2 nitrogen and oxygen atoms in total. The van der Waals surface area contributed by atoms with Gasteiger partial charge in [-0.25, -0.2) is 0 Å². The minimum atomic E-state index is 0.548. The van der Waals surface area contributed by atoms with Gasteiger partial charge < -0.3 is 9.88 Å². The lowest BCUT2D eigenvalue weighted by Crippen LogP contribution is -2.22. The molecule has 15 heavy (non-hydrogen) atoms. The van der Waals surface area contributed by atoms with Crippen LogP contribution >= 0.6 is 0 Å². The van der Waals surface area contributed by atoms with Crippen LogP contribution in [0, 0.1) is 13.8 Å². The Bertz CT molecular complexity index is 322. The molecule has 1 N–H and O–H groups in total. The number of aromatic nitrogens is 1. The molecule has 0 saturated heterocycles. The SMILES string of the molecule is Cc1cc(CNC(C)C)c(C)n1C(C)C. The van der Waals surface area contributed by atoms with Crippen molar-refractivity contribution in [3.63, 3.8) is 0 Å². The van der Waals surface area contributed by atoms with Crippen molar-refractivity contribution in [3.8, 4) is 0 Å². The van der Waals surface area contributed by atoms with Gasteiger partial charge in [0.25, 0.3) is 0 Å². The van der Waals surface area contributed by atoms with Crippen molar-refractivity contribution in [3.05, 3.63) is 23.0 Å². The standard InChI is InChI=1S/C13H24N2/c1-9(2)14-8-13-7-11(5)15(10(3)4)12(13)6/h7,9-10,14H,8H2,1-6H3. The van der Waals surface area contributed by atoms with Crippen molar-refractivity contribution in [2.75, 3.05) is 0 Å².